The van der Waals surface area contributed by atoms with Gasteiger partial charge in [0.1, 0.15) is 11.0 Å². The minimum Gasteiger partial charge on any atom is -0.369 e. The largest absolute Gasteiger partial charge is 0.369 e. The Morgan fingerprint density at radius 1 is 1.50 bits per heavy atom. The van der Waals surface area contributed by atoms with Gasteiger partial charge in [-0.3, -0.25) is 9.69 Å². The van der Waals surface area contributed by atoms with E-state index in [-0.39, 0.29) is 5.91 Å². The molecule has 98 valence electrons. The molecular weight excluding hydrogens is 252 g/mol. The average Bonchev–Trinajstić information content (AvgIpc) is 2.31. The lowest BCUT2D eigenvalue weighted by Gasteiger charge is -2.31. The van der Waals surface area contributed by atoms with E-state index in [2.05, 4.69) is 15.2 Å². The Morgan fingerprint density at radius 2 is 2.22 bits per heavy atom. The molecule has 1 aliphatic heterocycles. The monoisotopic (exact) mass is 268 g/mol. The van der Waals surface area contributed by atoms with E-state index in [4.69, 9.17) is 17.3 Å². The van der Waals surface area contributed by atoms with E-state index in [0.29, 0.717) is 17.7 Å². The first-order valence-electron chi connectivity index (χ1n) is 6.03. The van der Waals surface area contributed by atoms with Gasteiger partial charge < -0.3 is 11.1 Å². The molecule has 0 atom stereocenters. The Kier molecular flexibility index (Phi) is 4.38. The van der Waals surface area contributed by atoms with Crippen LogP contribution in [0.3, 0.4) is 0 Å². The lowest BCUT2D eigenvalue weighted by atomic mass is 10.1. The quantitative estimate of drug-likeness (QED) is 0.802. The number of piperidine rings is 1. The number of nitrogens with zero attached hydrogens (tertiary/aromatic N) is 2. The number of primary amides is 1. The topological polar surface area (TPSA) is 71.2 Å². The van der Waals surface area contributed by atoms with E-state index < -0.39 is 0 Å². The number of pyridine rings is 1. The van der Waals surface area contributed by atoms with E-state index in [1.54, 1.807) is 6.07 Å². The zero-order valence-corrected chi connectivity index (χ0v) is 10.9. The van der Waals surface area contributed by atoms with Crippen LogP contribution in [0.25, 0.3) is 0 Å². The number of carbonyl (C=O) groups excluding carboxylic acids is 1. The first kappa shape index (κ1) is 13.1. The number of anilines is 1. The molecule has 1 aliphatic rings. The molecule has 1 aromatic rings. The van der Waals surface area contributed by atoms with Crippen molar-refractivity contribution in [2.45, 2.75) is 18.9 Å². The molecule has 1 fully saturated rings. The first-order chi connectivity index (χ1) is 8.63. The number of carbonyl (C=O) groups is 1. The highest BCUT2D eigenvalue weighted by Crippen LogP contribution is 2.16. The van der Waals surface area contributed by atoms with Gasteiger partial charge in [-0.15, -0.1) is 0 Å². The fourth-order valence-electron chi connectivity index (χ4n) is 2.15. The van der Waals surface area contributed by atoms with Crippen molar-refractivity contribution in [2.75, 3.05) is 25.0 Å². The second-order valence-electron chi connectivity index (χ2n) is 4.51. The number of hydrogen-bond acceptors (Lipinski definition) is 4. The van der Waals surface area contributed by atoms with E-state index in [0.717, 1.165) is 31.7 Å². The van der Waals surface area contributed by atoms with Crippen LogP contribution in [0.1, 0.15) is 12.8 Å². The van der Waals surface area contributed by atoms with Crippen LogP contribution < -0.4 is 11.1 Å². The summed E-state index contributed by atoms with van der Waals surface area (Å²) >= 11 is 5.83. The predicted molar refractivity (Wildman–Crippen MR) is 71.5 cm³/mol. The highest BCUT2D eigenvalue weighted by molar-refractivity contribution is 6.29. The maximum absolute atomic E-state index is 10.8. The highest BCUT2D eigenvalue weighted by Gasteiger charge is 2.20. The Hall–Kier alpha value is -1.33. The van der Waals surface area contributed by atoms with E-state index in [1.165, 1.54) is 0 Å². The number of nitrogens with two attached hydrogens (primary N) is 1. The van der Waals surface area contributed by atoms with Crippen molar-refractivity contribution in [3.05, 3.63) is 23.4 Å². The SMILES string of the molecule is NC(=O)CN1CCC(Nc2cccc(Cl)n2)CC1. The van der Waals surface area contributed by atoms with E-state index in [9.17, 15) is 4.79 Å². The molecule has 2 rings (SSSR count). The minimum absolute atomic E-state index is 0.266. The van der Waals surface area contributed by atoms with E-state index in [1.807, 2.05) is 12.1 Å². The summed E-state index contributed by atoms with van der Waals surface area (Å²) in [6.07, 6.45) is 1.95. The summed E-state index contributed by atoms with van der Waals surface area (Å²) in [6.45, 7) is 2.10. The Labute approximate surface area is 111 Å². The van der Waals surface area contributed by atoms with Crippen LogP contribution in [-0.2, 0) is 4.79 Å². The molecule has 2 heterocycles. The van der Waals surface area contributed by atoms with Gasteiger partial charge in [0.2, 0.25) is 5.91 Å². The zero-order chi connectivity index (χ0) is 13.0. The smallest absolute Gasteiger partial charge is 0.231 e. The summed E-state index contributed by atoms with van der Waals surface area (Å²) in [4.78, 5) is 17.1. The van der Waals surface area contributed by atoms with Gasteiger partial charge in [0.15, 0.2) is 0 Å². The molecule has 0 unspecified atom stereocenters. The summed E-state index contributed by atoms with van der Waals surface area (Å²) in [7, 11) is 0. The normalized spacial score (nSPS) is 17.6. The second-order valence-corrected chi connectivity index (χ2v) is 4.89. The lowest BCUT2D eigenvalue weighted by Crippen LogP contribution is -2.43. The van der Waals surface area contributed by atoms with Crippen LogP contribution in [0.5, 0.6) is 0 Å². The number of amides is 1. The fourth-order valence-corrected chi connectivity index (χ4v) is 2.32. The maximum atomic E-state index is 10.8. The predicted octanol–water partition coefficient (Wildman–Crippen LogP) is 1.10. The molecule has 0 aliphatic carbocycles. The standard InChI is InChI=1S/C12H17ClN4O/c13-10-2-1-3-12(16-10)15-9-4-6-17(7-5-9)8-11(14)18/h1-3,9H,4-8H2,(H2,14,18)(H,15,16). The number of aromatic nitrogens is 1. The van der Waals surface area contributed by atoms with Gasteiger partial charge in [-0.2, -0.15) is 0 Å². The molecule has 0 bridgehead atoms. The Balaban J connectivity index is 1.81. The molecule has 1 amide bonds. The van der Waals surface area contributed by atoms with Gasteiger partial charge in [0, 0.05) is 19.1 Å². The molecule has 5 nitrogen and oxygen atoms in total. The molecule has 0 radical (unpaired) electrons. The first-order valence-corrected chi connectivity index (χ1v) is 6.41. The molecule has 0 saturated carbocycles. The summed E-state index contributed by atoms with van der Waals surface area (Å²) in [5.41, 5.74) is 5.18. The van der Waals surface area contributed by atoms with Gasteiger partial charge in [-0.25, -0.2) is 4.98 Å². The molecule has 0 spiro atoms. The van der Waals surface area contributed by atoms with Crippen molar-refractivity contribution in [3.63, 3.8) is 0 Å². The molecule has 1 saturated heterocycles. The molecular formula is C12H17ClN4O. The van der Waals surface area contributed by atoms with Gasteiger partial charge >= 0.3 is 0 Å². The Bertz CT molecular complexity index is 418. The van der Waals surface area contributed by atoms with Crippen molar-refractivity contribution < 1.29 is 4.79 Å². The van der Waals surface area contributed by atoms with Crippen LogP contribution in [-0.4, -0.2) is 41.5 Å². The van der Waals surface area contributed by atoms with Crippen LogP contribution in [0.4, 0.5) is 5.82 Å². The highest BCUT2D eigenvalue weighted by atomic mass is 35.5. The summed E-state index contributed by atoms with van der Waals surface area (Å²) in [5, 5.41) is 3.85. The minimum atomic E-state index is -0.266. The maximum Gasteiger partial charge on any atom is 0.231 e. The van der Waals surface area contributed by atoms with Gasteiger partial charge in [-0.1, -0.05) is 17.7 Å². The van der Waals surface area contributed by atoms with Gasteiger partial charge in [0.05, 0.1) is 6.54 Å². The van der Waals surface area contributed by atoms with E-state index >= 15 is 0 Å². The third-order valence-electron chi connectivity index (χ3n) is 3.03. The summed E-state index contributed by atoms with van der Waals surface area (Å²) < 4.78 is 0. The van der Waals surface area contributed by atoms with Gasteiger partial charge in [0.25, 0.3) is 0 Å². The third-order valence-corrected chi connectivity index (χ3v) is 3.24. The number of halogens is 1. The summed E-state index contributed by atoms with van der Waals surface area (Å²) in [5.74, 6) is 0.536. The van der Waals surface area contributed by atoms with Crippen molar-refractivity contribution in [1.29, 1.82) is 0 Å². The van der Waals surface area contributed by atoms with Crippen LogP contribution in [0.2, 0.25) is 5.15 Å². The van der Waals surface area contributed by atoms with Crippen molar-refractivity contribution >= 4 is 23.3 Å². The number of rotatable bonds is 4. The van der Waals surface area contributed by atoms with Crippen molar-refractivity contribution in [1.82, 2.24) is 9.88 Å². The molecule has 18 heavy (non-hydrogen) atoms. The molecule has 3 N–H and O–H groups in total. The summed E-state index contributed by atoms with van der Waals surface area (Å²) in [6, 6.07) is 5.91. The number of hydrogen-bond donors (Lipinski definition) is 2. The Morgan fingerprint density at radius 3 is 2.83 bits per heavy atom. The third kappa shape index (κ3) is 3.85. The van der Waals surface area contributed by atoms with Gasteiger partial charge in [-0.05, 0) is 25.0 Å². The second kappa shape index (κ2) is 6.02. The fraction of sp³-hybridized carbons (Fsp3) is 0.500. The molecule has 0 aromatic carbocycles. The average molecular weight is 269 g/mol. The van der Waals surface area contributed by atoms with Crippen molar-refractivity contribution in [2.24, 2.45) is 5.73 Å². The molecule has 6 heteroatoms. The lowest BCUT2D eigenvalue weighted by molar-refractivity contribution is -0.119. The van der Waals surface area contributed by atoms with Crippen LogP contribution >= 0.6 is 11.6 Å². The number of likely N-dealkylation sites (tertiary alicyclic amines) is 1. The van der Waals surface area contributed by atoms with Crippen LogP contribution in [0, 0.1) is 0 Å². The zero-order valence-electron chi connectivity index (χ0n) is 10.1. The van der Waals surface area contributed by atoms with Crippen LogP contribution in [0.15, 0.2) is 18.2 Å². The molecule has 1 aromatic heterocycles. The number of nitrogens with one attached hydrogen (secondary N) is 1. The van der Waals surface area contributed by atoms with Crippen molar-refractivity contribution in [3.8, 4) is 0 Å².